The molecule has 0 aromatic rings. The van der Waals surface area contributed by atoms with E-state index in [2.05, 4.69) is 13.8 Å². The maximum Gasteiger partial charge on any atom is 0.472 e. The van der Waals surface area contributed by atoms with E-state index in [0.29, 0.717) is 12.8 Å². The van der Waals surface area contributed by atoms with Gasteiger partial charge in [0.1, 0.15) is 43.2 Å². The molecule has 0 heterocycles. The number of aliphatic hydroxyl groups is 5. The van der Waals surface area contributed by atoms with Crippen LogP contribution in [0.25, 0.3) is 0 Å². The van der Waals surface area contributed by atoms with Crippen LogP contribution >= 0.6 is 7.82 Å². The number of esters is 2. The summed E-state index contributed by atoms with van der Waals surface area (Å²) >= 11 is 0. The van der Waals surface area contributed by atoms with Gasteiger partial charge in [0.15, 0.2) is 6.10 Å². The minimum Gasteiger partial charge on any atom is -0.462 e. The molecule has 56 heavy (non-hydrogen) atoms. The monoisotopic (exact) mass is 823 g/mol. The van der Waals surface area contributed by atoms with Crippen molar-refractivity contribution < 1.29 is 63.1 Å². The summed E-state index contributed by atoms with van der Waals surface area (Å²) < 4.78 is 33.4. The molecule has 6 unspecified atom stereocenters. The van der Waals surface area contributed by atoms with Crippen LogP contribution in [0.2, 0.25) is 0 Å². The van der Waals surface area contributed by atoms with Crippen molar-refractivity contribution in [2.75, 3.05) is 13.2 Å². The molecule has 13 nitrogen and oxygen atoms in total. The van der Waals surface area contributed by atoms with Crippen LogP contribution in [0, 0.1) is 0 Å². The van der Waals surface area contributed by atoms with Crippen LogP contribution < -0.4 is 0 Å². The molecular weight excluding hydrogens is 743 g/mol. The van der Waals surface area contributed by atoms with Crippen LogP contribution in [0.3, 0.4) is 0 Å². The molecule has 1 aliphatic carbocycles. The zero-order chi connectivity index (χ0) is 41.4. The molecule has 14 heteroatoms. The molecule has 0 aromatic carbocycles. The number of phosphoric ester groups is 1. The van der Waals surface area contributed by atoms with Gasteiger partial charge >= 0.3 is 19.8 Å². The van der Waals surface area contributed by atoms with Crippen LogP contribution in [-0.2, 0) is 32.7 Å². The van der Waals surface area contributed by atoms with E-state index in [1.807, 2.05) is 12.2 Å². The van der Waals surface area contributed by atoms with E-state index in [9.17, 15) is 44.6 Å². The Morgan fingerprint density at radius 2 is 0.946 bits per heavy atom. The van der Waals surface area contributed by atoms with Gasteiger partial charge in [-0.2, -0.15) is 0 Å². The number of allylic oxidation sites excluding steroid dienone is 2. The minimum atomic E-state index is -5.12. The van der Waals surface area contributed by atoms with Crippen LogP contribution in [-0.4, -0.2) is 98.3 Å². The predicted molar refractivity (Wildman–Crippen MR) is 217 cm³/mol. The van der Waals surface area contributed by atoms with Gasteiger partial charge in [0.2, 0.25) is 0 Å². The molecule has 0 aromatic heterocycles. The molecule has 0 radical (unpaired) electrons. The Morgan fingerprint density at radius 1 is 0.536 bits per heavy atom. The third-order valence-corrected chi connectivity index (χ3v) is 11.4. The Bertz CT molecular complexity index is 1040. The molecule has 8 atom stereocenters. The van der Waals surface area contributed by atoms with Gasteiger partial charge in [-0.3, -0.25) is 18.6 Å². The van der Waals surface area contributed by atoms with Crippen molar-refractivity contribution in [1.29, 1.82) is 0 Å². The normalized spacial score (nSPS) is 22.9. The zero-order valence-electron chi connectivity index (χ0n) is 34.7. The SMILES string of the molecule is CCCCCCCCCCCCC/C=C/CCC(=O)O[C@H](COC(=O)CCCCCCCCCCCCCC)COP(=O)(O)OC1C(O)C(O)C(O)[C@H](O)C1O. The molecule has 6 N–H and O–H groups in total. The standard InChI is InChI=1S/C42H79O13P/c1-3-5-7-9-11-13-15-17-18-19-21-23-25-27-29-31-36(44)54-34(32-52-35(43)30-28-26-24-22-20-16-14-12-10-8-6-4-2)33-53-56(50,51)55-42-40(48)38(46)37(45)39(47)41(42)49/h25,27,34,37-42,45-49H,3-24,26,28-33H2,1-2H3,(H,50,51)/b27-25+/t34-,37?,38+,39?,40?,41?,42?/m1/s1. The zero-order valence-corrected chi connectivity index (χ0v) is 35.6. The molecule has 0 bridgehead atoms. The van der Waals surface area contributed by atoms with Gasteiger partial charge in [-0.15, -0.1) is 0 Å². The number of phosphoric acid groups is 1. The van der Waals surface area contributed by atoms with Crippen molar-refractivity contribution in [3.05, 3.63) is 12.2 Å². The lowest BCUT2D eigenvalue weighted by molar-refractivity contribution is -0.220. The summed E-state index contributed by atoms with van der Waals surface area (Å²) in [6.07, 6.45) is 20.0. The maximum absolute atomic E-state index is 12.8. The number of unbranched alkanes of at least 4 members (excludes halogenated alkanes) is 22. The molecule has 0 saturated heterocycles. The highest BCUT2D eigenvalue weighted by Crippen LogP contribution is 2.47. The van der Waals surface area contributed by atoms with E-state index in [1.165, 1.54) is 116 Å². The average molecular weight is 823 g/mol. The predicted octanol–water partition coefficient (Wildman–Crippen LogP) is 7.89. The van der Waals surface area contributed by atoms with Crippen LogP contribution in [0.1, 0.15) is 187 Å². The van der Waals surface area contributed by atoms with Gasteiger partial charge in [0.25, 0.3) is 0 Å². The average Bonchev–Trinajstić information content (AvgIpc) is 3.18. The lowest BCUT2D eigenvalue weighted by atomic mass is 9.85. The van der Waals surface area contributed by atoms with Gasteiger partial charge in [-0.25, -0.2) is 4.57 Å². The lowest BCUT2D eigenvalue weighted by Gasteiger charge is -2.41. The Hall–Kier alpha value is -1.41. The number of carbonyl (C=O) groups excluding carboxylic acids is 2. The lowest BCUT2D eigenvalue weighted by Crippen LogP contribution is -2.64. The number of ether oxygens (including phenoxy) is 2. The molecule has 1 rings (SSSR count). The molecule has 0 amide bonds. The number of hydrogen-bond donors (Lipinski definition) is 6. The third-order valence-electron chi connectivity index (χ3n) is 10.4. The van der Waals surface area contributed by atoms with Gasteiger partial charge in [-0.05, 0) is 25.7 Å². The van der Waals surface area contributed by atoms with E-state index in [4.69, 9.17) is 18.5 Å². The fourth-order valence-electron chi connectivity index (χ4n) is 6.78. The Morgan fingerprint density at radius 3 is 1.43 bits per heavy atom. The Kier molecular flexibility index (Phi) is 31.4. The Labute approximate surface area is 337 Å². The second kappa shape index (κ2) is 33.4. The van der Waals surface area contributed by atoms with Crippen molar-refractivity contribution in [3.63, 3.8) is 0 Å². The number of aliphatic hydroxyl groups excluding tert-OH is 5. The van der Waals surface area contributed by atoms with Gasteiger partial charge in [0, 0.05) is 12.8 Å². The van der Waals surface area contributed by atoms with Crippen molar-refractivity contribution in [3.8, 4) is 0 Å². The topological polar surface area (TPSA) is 210 Å². The largest absolute Gasteiger partial charge is 0.472 e. The fourth-order valence-corrected chi connectivity index (χ4v) is 7.75. The summed E-state index contributed by atoms with van der Waals surface area (Å²) in [6, 6.07) is 0. The first kappa shape index (κ1) is 52.6. The second-order valence-corrected chi connectivity index (χ2v) is 17.0. The quantitative estimate of drug-likeness (QED) is 0.0154. The molecule has 330 valence electrons. The van der Waals surface area contributed by atoms with E-state index in [-0.39, 0.29) is 12.8 Å². The first-order valence-corrected chi connectivity index (χ1v) is 23.5. The van der Waals surface area contributed by atoms with E-state index in [1.54, 1.807) is 0 Å². The number of hydrogen-bond acceptors (Lipinski definition) is 12. The summed E-state index contributed by atoms with van der Waals surface area (Å²) in [5.74, 6) is -1.15. The summed E-state index contributed by atoms with van der Waals surface area (Å²) in [4.78, 5) is 35.5. The minimum absolute atomic E-state index is 0.0178. The molecule has 1 saturated carbocycles. The molecule has 1 fully saturated rings. The fraction of sp³-hybridized carbons (Fsp3) is 0.905. The molecule has 1 aliphatic rings. The second-order valence-electron chi connectivity index (χ2n) is 15.6. The van der Waals surface area contributed by atoms with Gasteiger partial charge < -0.3 is 39.9 Å². The summed E-state index contributed by atoms with van der Waals surface area (Å²) in [6.45, 7) is 3.26. The van der Waals surface area contributed by atoms with Crippen LogP contribution in [0.4, 0.5) is 0 Å². The van der Waals surface area contributed by atoms with E-state index < -0.39 is 75.7 Å². The Balaban J connectivity index is 2.50. The smallest absolute Gasteiger partial charge is 0.462 e. The van der Waals surface area contributed by atoms with E-state index in [0.717, 1.165) is 32.1 Å². The van der Waals surface area contributed by atoms with Crippen molar-refractivity contribution >= 4 is 19.8 Å². The summed E-state index contributed by atoms with van der Waals surface area (Å²) in [5, 5.41) is 50.0. The third kappa shape index (κ3) is 25.8. The van der Waals surface area contributed by atoms with Crippen molar-refractivity contribution in [2.24, 2.45) is 0 Å². The molecule has 0 aliphatic heterocycles. The molecule has 0 spiro atoms. The number of rotatable bonds is 36. The molecular formula is C42H79O13P. The highest BCUT2D eigenvalue weighted by Gasteiger charge is 2.51. The number of carbonyl (C=O) groups is 2. The van der Waals surface area contributed by atoms with Crippen molar-refractivity contribution in [1.82, 2.24) is 0 Å². The van der Waals surface area contributed by atoms with Gasteiger partial charge in [0.05, 0.1) is 6.61 Å². The maximum atomic E-state index is 12.8. The van der Waals surface area contributed by atoms with Crippen molar-refractivity contribution in [2.45, 2.75) is 230 Å². The van der Waals surface area contributed by atoms with Crippen LogP contribution in [0.15, 0.2) is 12.2 Å². The van der Waals surface area contributed by atoms with Crippen LogP contribution in [0.5, 0.6) is 0 Å². The van der Waals surface area contributed by atoms with E-state index >= 15 is 0 Å². The summed E-state index contributed by atoms with van der Waals surface area (Å²) in [7, 11) is -5.12. The first-order valence-electron chi connectivity index (χ1n) is 22.0. The highest BCUT2D eigenvalue weighted by atomic mass is 31.2. The van der Waals surface area contributed by atoms with Gasteiger partial charge in [-0.1, -0.05) is 161 Å². The highest BCUT2D eigenvalue weighted by molar-refractivity contribution is 7.47. The summed E-state index contributed by atoms with van der Waals surface area (Å²) in [5.41, 5.74) is 0. The first-order chi connectivity index (χ1) is 26.9.